The Hall–Kier alpha value is -1.52. The van der Waals surface area contributed by atoms with E-state index >= 15 is 0 Å². The summed E-state index contributed by atoms with van der Waals surface area (Å²) in [5.74, 6) is 1.91. The van der Waals surface area contributed by atoms with E-state index in [1.54, 1.807) is 0 Å². The van der Waals surface area contributed by atoms with Gasteiger partial charge in [-0.2, -0.15) is 0 Å². The Morgan fingerprint density at radius 2 is 2.16 bits per heavy atom. The molecule has 0 radical (unpaired) electrons. The van der Waals surface area contributed by atoms with Crippen LogP contribution in [0.5, 0.6) is 0 Å². The van der Waals surface area contributed by atoms with Crippen molar-refractivity contribution < 1.29 is 4.52 Å². The second-order valence-corrected chi connectivity index (χ2v) is 5.01. The summed E-state index contributed by atoms with van der Waals surface area (Å²) in [5.41, 5.74) is 2.66. The van der Waals surface area contributed by atoms with Crippen LogP contribution in [0.1, 0.15) is 17.3 Å². The smallest absolute Gasteiger partial charge is 0.133 e. The zero-order valence-corrected chi connectivity index (χ0v) is 11.7. The number of hydrogen-bond acceptors (Lipinski definition) is 3. The Balaban J connectivity index is 2.12. The maximum Gasteiger partial charge on any atom is 0.133 e. The lowest BCUT2D eigenvalue weighted by molar-refractivity contribution is 0.389. The predicted octanol–water partition coefficient (Wildman–Crippen LogP) is 3.77. The van der Waals surface area contributed by atoms with Gasteiger partial charge in [0.2, 0.25) is 0 Å². The average molecular weight is 296 g/mol. The third-order valence-corrected chi connectivity index (χ3v) is 3.38. The van der Waals surface area contributed by atoms with Crippen LogP contribution in [0, 0.1) is 6.92 Å². The molecule has 0 atom stereocenters. The maximum atomic E-state index is 6.04. The van der Waals surface area contributed by atoms with Gasteiger partial charge < -0.3 is 9.09 Å². The predicted molar refractivity (Wildman–Crippen MR) is 74.6 cm³/mol. The van der Waals surface area contributed by atoms with Gasteiger partial charge in [0.05, 0.1) is 23.5 Å². The van der Waals surface area contributed by atoms with Crippen LogP contribution in [0.15, 0.2) is 28.8 Å². The van der Waals surface area contributed by atoms with E-state index in [0.717, 1.165) is 28.3 Å². The highest BCUT2D eigenvalue weighted by Crippen LogP contribution is 2.22. The molecule has 0 saturated carbocycles. The van der Waals surface area contributed by atoms with Crippen molar-refractivity contribution in [1.29, 1.82) is 0 Å². The Morgan fingerprint density at radius 3 is 2.84 bits per heavy atom. The van der Waals surface area contributed by atoms with Crippen LogP contribution in [0.4, 0.5) is 0 Å². The first kappa shape index (κ1) is 12.5. The molecule has 0 amide bonds. The normalized spacial score (nSPS) is 11.3. The summed E-state index contributed by atoms with van der Waals surface area (Å²) in [6.45, 7) is 2.43. The Labute approximate surface area is 119 Å². The molecule has 2 heterocycles. The van der Waals surface area contributed by atoms with Crippen molar-refractivity contribution in [3.05, 3.63) is 46.6 Å². The molecule has 0 spiro atoms. The molecule has 3 aromatic rings. The average Bonchev–Trinajstić information content (AvgIpc) is 2.94. The number of benzene rings is 1. The van der Waals surface area contributed by atoms with Gasteiger partial charge in [0.15, 0.2) is 0 Å². The number of halogens is 2. The van der Waals surface area contributed by atoms with Gasteiger partial charge in [-0.25, -0.2) is 4.98 Å². The SMILES string of the molecule is Cc1cc(Cn2c(CCl)nc3ccc(Cl)cc32)no1. The molecule has 0 saturated heterocycles. The standard InChI is InChI=1S/C13H11Cl2N3O/c1-8-4-10(17-19-8)7-18-12-5-9(15)2-3-11(12)16-13(18)6-14/h2-5H,6-7H2,1H3. The lowest BCUT2D eigenvalue weighted by atomic mass is 10.3. The summed E-state index contributed by atoms with van der Waals surface area (Å²) in [6.07, 6.45) is 0. The van der Waals surface area contributed by atoms with Crippen molar-refractivity contribution in [2.24, 2.45) is 0 Å². The van der Waals surface area contributed by atoms with Gasteiger partial charge in [-0.3, -0.25) is 0 Å². The zero-order valence-electron chi connectivity index (χ0n) is 10.2. The quantitative estimate of drug-likeness (QED) is 0.691. The number of aromatic nitrogens is 3. The summed E-state index contributed by atoms with van der Waals surface area (Å²) in [7, 11) is 0. The molecule has 0 N–H and O–H groups in total. The molecule has 0 bridgehead atoms. The second kappa shape index (κ2) is 4.87. The van der Waals surface area contributed by atoms with Crippen LogP contribution in [0.2, 0.25) is 5.02 Å². The lowest BCUT2D eigenvalue weighted by Crippen LogP contribution is -2.04. The molecular formula is C13H11Cl2N3O. The van der Waals surface area contributed by atoms with Crippen LogP contribution >= 0.6 is 23.2 Å². The van der Waals surface area contributed by atoms with E-state index in [9.17, 15) is 0 Å². The second-order valence-electron chi connectivity index (χ2n) is 4.31. The third kappa shape index (κ3) is 2.33. The first-order valence-corrected chi connectivity index (χ1v) is 6.71. The van der Waals surface area contributed by atoms with Crippen molar-refractivity contribution >= 4 is 34.2 Å². The van der Waals surface area contributed by atoms with E-state index in [4.69, 9.17) is 27.7 Å². The zero-order chi connectivity index (χ0) is 13.4. The fourth-order valence-corrected chi connectivity index (χ4v) is 2.45. The molecule has 1 aromatic carbocycles. The highest BCUT2D eigenvalue weighted by atomic mass is 35.5. The molecule has 6 heteroatoms. The Bertz CT molecular complexity index is 733. The minimum atomic E-state index is 0.336. The van der Waals surface area contributed by atoms with Gasteiger partial charge in [-0.05, 0) is 25.1 Å². The van der Waals surface area contributed by atoms with Gasteiger partial charge >= 0.3 is 0 Å². The van der Waals surface area contributed by atoms with E-state index in [-0.39, 0.29) is 0 Å². The molecule has 0 fully saturated rings. The van der Waals surface area contributed by atoms with Crippen molar-refractivity contribution in [2.75, 3.05) is 0 Å². The van der Waals surface area contributed by atoms with E-state index < -0.39 is 0 Å². The maximum absolute atomic E-state index is 6.04. The van der Waals surface area contributed by atoms with E-state index in [1.165, 1.54) is 0 Å². The topological polar surface area (TPSA) is 43.9 Å². The van der Waals surface area contributed by atoms with Gasteiger partial charge in [-0.15, -0.1) is 11.6 Å². The largest absolute Gasteiger partial charge is 0.361 e. The van der Waals surface area contributed by atoms with E-state index in [1.807, 2.05) is 35.8 Å². The molecular weight excluding hydrogens is 285 g/mol. The van der Waals surface area contributed by atoms with Crippen LogP contribution in [0.25, 0.3) is 11.0 Å². The van der Waals surface area contributed by atoms with E-state index in [0.29, 0.717) is 17.4 Å². The lowest BCUT2D eigenvalue weighted by Gasteiger charge is -2.04. The fraction of sp³-hybridized carbons (Fsp3) is 0.231. The van der Waals surface area contributed by atoms with Gasteiger partial charge in [0.25, 0.3) is 0 Å². The van der Waals surface area contributed by atoms with Crippen LogP contribution in [-0.2, 0) is 12.4 Å². The first-order valence-electron chi connectivity index (χ1n) is 5.80. The fourth-order valence-electron chi connectivity index (χ4n) is 2.08. The van der Waals surface area contributed by atoms with E-state index in [2.05, 4.69) is 10.1 Å². The monoisotopic (exact) mass is 295 g/mol. The molecule has 0 aliphatic carbocycles. The number of nitrogens with zero attached hydrogens (tertiary/aromatic N) is 3. The summed E-state index contributed by atoms with van der Waals surface area (Å²) >= 11 is 12.0. The molecule has 19 heavy (non-hydrogen) atoms. The minimum absolute atomic E-state index is 0.336. The summed E-state index contributed by atoms with van der Waals surface area (Å²) in [6, 6.07) is 7.49. The Morgan fingerprint density at radius 1 is 1.32 bits per heavy atom. The highest BCUT2D eigenvalue weighted by molar-refractivity contribution is 6.31. The summed E-state index contributed by atoms with van der Waals surface area (Å²) < 4.78 is 7.09. The molecule has 2 aromatic heterocycles. The molecule has 0 unspecified atom stereocenters. The number of fused-ring (bicyclic) bond motifs is 1. The molecule has 4 nitrogen and oxygen atoms in total. The Kier molecular flexibility index (Phi) is 3.21. The number of aryl methyl sites for hydroxylation is 1. The molecule has 0 aliphatic rings. The summed E-state index contributed by atoms with van der Waals surface area (Å²) in [4.78, 5) is 4.49. The van der Waals surface area contributed by atoms with Gasteiger partial charge in [0.1, 0.15) is 17.3 Å². The van der Waals surface area contributed by atoms with Gasteiger partial charge in [0, 0.05) is 11.1 Å². The van der Waals surface area contributed by atoms with Crippen molar-refractivity contribution in [1.82, 2.24) is 14.7 Å². The third-order valence-electron chi connectivity index (χ3n) is 2.91. The number of alkyl halides is 1. The van der Waals surface area contributed by atoms with Crippen LogP contribution in [0.3, 0.4) is 0 Å². The van der Waals surface area contributed by atoms with Crippen LogP contribution in [-0.4, -0.2) is 14.7 Å². The van der Waals surface area contributed by atoms with Gasteiger partial charge in [-0.1, -0.05) is 16.8 Å². The number of hydrogen-bond donors (Lipinski definition) is 0. The van der Waals surface area contributed by atoms with Crippen LogP contribution < -0.4 is 0 Å². The van der Waals surface area contributed by atoms with Crippen molar-refractivity contribution in [3.63, 3.8) is 0 Å². The highest BCUT2D eigenvalue weighted by Gasteiger charge is 2.12. The molecule has 98 valence electrons. The van der Waals surface area contributed by atoms with Crippen molar-refractivity contribution in [3.8, 4) is 0 Å². The molecule has 3 rings (SSSR count). The number of rotatable bonds is 3. The minimum Gasteiger partial charge on any atom is -0.361 e. The summed E-state index contributed by atoms with van der Waals surface area (Å²) in [5, 5.41) is 4.67. The first-order chi connectivity index (χ1) is 9.17. The number of imidazole rings is 1. The molecule has 0 aliphatic heterocycles. The van der Waals surface area contributed by atoms with Crippen molar-refractivity contribution in [2.45, 2.75) is 19.3 Å².